The number of aryl methyl sites for hydroxylation is 1. The number of methoxy groups -OCH3 is 2. The molecule has 0 aliphatic carbocycles. The average Bonchev–Trinajstić information content (AvgIpc) is 2.58. The molecule has 24 heavy (non-hydrogen) atoms. The number of aromatic nitrogens is 1. The molecule has 130 valence electrons. The van der Waals surface area contributed by atoms with Gasteiger partial charge < -0.3 is 19.8 Å². The van der Waals surface area contributed by atoms with E-state index in [1.807, 2.05) is 19.9 Å². The lowest BCUT2D eigenvalue weighted by atomic mass is 10.1. The molecule has 1 unspecified atom stereocenters. The van der Waals surface area contributed by atoms with Gasteiger partial charge in [0.15, 0.2) is 11.5 Å². The third kappa shape index (κ3) is 4.07. The average molecular weight is 332 g/mol. The van der Waals surface area contributed by atoms with Crippen LogP contribution >= 0.6 is 0 Å². The minimum Gasteiger partial charge on any atom is -0.493 e. The summed E-state index contributed by atoms with van der Waals surface area (Å²) in [6.45, 7) is 3.97. The molecule has 1 amide bonds. The number of carbonyl (C=O) groups excluding carboxylic acids is 1. The van der Waals surface area contributed by atoms with Crippen molar-refractivity contribution in [3.8, 4) is 11.5 Å². The number of aromatic amines is 1. The summed E-state index contributed by atoms with van der Waals surface area (Å²) in [5.41, 5.74) is 1.06. The van der Waals surface area contributed by atoms with Crippen LogP contribution in [-0.2, 0) is 11.2 Å². The quantitative estimate of drug-likeness (QED) is 0.816. The molecule has 1 atom stereocenters. The molecule has 0 bridgehead atoms. The van der Waals surface area contributed by atoms with E-state index in [1.54, 1.807) is 26.4 Å². The van der Waals surface area contributed by atoms with Crippen LogP contribution in [0.1, 0.15) is 32.3 Å². The highest BCUT2D eigenvalue weighted by atomic mass is 16.5. The first-order chi connectivity index (χ1) is 11.5. The molecule has 6 nitrogen and oxygen atoms in total. The van der Waals surface area contributed by atoms with Gasteiger partial charge in [0.1, 0.15) is 0 Å². The summed E-state index contributed by atoms with van der Waals surface area (Å²) in [6.07, 6.45) is 1.55. The maximum Gasteiger partial charge on any atom is 0.251 e. The number of fused-ring (bicyclic) bond motifs is 1. The van der Waals surface area contributed by atoms with Crippen LogP contribution in [0.4, 0.5) is 0 Å². The minimum atomic E-state index is -0.189. The first kappa shape index (κ1) is 17.8. The van der Waals surface area contributed by atoms with Gasteiger partial charge in [-0.25, -0.2) is 0 Å². The van der Waals surface area contributed by atoms with Crippen LogP contribution < -0.4 is 20.3 Å². The van der Waals surface area contributed by atoms with Gasteiger partial charge in [-0.3, -0.25) is 9.59 Å². The van der Waals surface area contributed by atoms with Crippen LogP contribution in [0.3, 0.4) is 0 Å². The van der Waals surface area contributed by atoms with E-state index in [9.17, 15) is 9.59 Å². The number of hydrogen-bond acceptors (Lipinski definition) is 4. The maximum atomic E-state index is 12.2. The van der Waals surface area contributed by atoms with Gasteiger partial charge in [-0.05, 0) is 31.9 Å². The van der Waals surface area contributed by atoms with E-state index in [0.29, 0.717) is 29.0 Å². The molecule has 2 N–H and O–H groups in total. The second-order valence-electron chi connectivity index (χ2n) is 5.79. The van der Waals surface area contributed by atoms with Crippen LogP contribution in [0.5, 0.6) is 11.5 Å². The predicted molar refractivity (Wildman–Crippen MR) is 93.9 cm³/mol. The van der Waals surface area contributed by atoms with Crippen molar-refractivity contribution in [3.63, 3.8) is 0 Å². The topological polar surface area (TPSA) is 80.4 Å². The predicted octanol–water partition coefficient (Wildman–Crippen LogP) is 2.39. The minimum absolute atomic E-state index is 0.0452. The van der Waals surface area contributed by atoms with Crippen LogP contribution in [0.25, 0.3) is 10.9 Å². The highest BCUT2D eigenvalue weighted by Gasteiger charge is 2.11. The molecule has 0 aliphatic heterocycles. The molecule has 2 aromatic rings. The number of nitrogens with one attached hydrogen (secondary N) is 2. The van der Waals surface area contributed by atoms with Gasteiger partial charge in [0.2, 0.25) is 5.91 Å². The van der Waals surface area contributed by atoms with E-state index in [2.05, 4.69) is 10.3 Å². The first-order valence-electron chi connectivity index (χ1n) is 8.05. The largest absolute Gasteiger partial charge is 0.493 e. The molecular formula is C18H24N2O4. The number of rotatable bonds is 7. The summed E-state index contributed by atoms with van der Waals surface area (Å²) < 4.78 is 10.5. The summed E-state index contributed by atoms with van der Waals surface area (Å²) in [4.78, 5) is 26.9. The Morgan fingerprint density at radius 3 is 2.50 bits per heavy atom. The Kier molecular flexibility index (Phi) is 5.84. The smallest absolute Gasteiger partial charge is 0.251 e. The summed E-state index contributed by atoms with van der Waals surface area (Å²) in [7, 11) is 3.11. The van der Waals surface area contributed by atoms with E-state index in [0.717, 1.165) is 11.8 Å². The Hall–Kier alpha value is -2.50. The Morgan fingerprint density at radius 1 is 1.21 bits per heavy atom. The maximum absolute atomic E-state index is 12.2. The molecule has 6 heteroatoms. The van der Waals surface area contributed by atoms with Gasteiger partial charge >= 0.3 is 0 Å². The van der Waals surface area contributed by atoms with Crippen LogP contribution in [0, 0.1) is 0 Å². The van der Waals surface area contributed by atoms with E-state index in [4.69, 9.17) is 9.47 Å². The van der Waals surface area contributed by atoms with Crippen molar-refractivity contribution < 1.29 is 14.3 Å². The lowest BCUT2D eigenvalue weighted by molar-refractivity contribution is -0.121. The monoisotopic (exact) mass is 332 g/mol. The fourth-order valence-corrected chi connectivity index (χ4v) is 2.46. The SMILES string of the molecule is CCC(C)NC(=O)CCc1cc2cc(OC)c(OC)cc2[nH]c1=O. The van der Waals surface area contributed by atoms with Crippen molar-refractivity contribution in [3.05, 3.63) is 34.1 Å². The van der Waals surface area contributed by atoms with Gasteiger partial charge in [0.25, 0.3) is 5.56 Å². The first-order valence-corrected chi connectivity index (χ1v) is 8.05. The molecular weight excluding hydrogens is 308 g/mol. The number of ether oxygens (including phenoxy) is 2. The molecule has 1 aromatic heterocycles. The summed E-state index contributed by atoms with van der Waals surface area (Å²) in [6, 6.07) is 5.48. The van der Waals surface area contributed by atoms with Crippen LogP contribution in [0.15, 0.2) is 23.0 Å². The van der Waals surface area contributed by atoms with Crippen LogP contribution in [-0.4, -0.2) is 31.2 Å². The molecule has 1 heterocycles. The van der Waals surface area contributed by atoms with Gasteiger partial charge in [-0.1, -0.05) is 6.92 Å². The summed E-state index contributed by atoms with van der Waals surface area (Å²) in [5, 5.41) is 3.74. The fourth-order valence-electron chi connectivity index (χ4n) is 2.46. The van der Waals surface area contributed by atoms with E-state index in [1.165, 1.54) is 0 Å². The Balaban J connectivity index is 2.23. The van der Waals surface area contributed by atoms with Crippen molar-refractivity contribution in [2.75, 3.05) is 14.2 Å². The Morgan fingerprint density at radius 2 is 1.88 bits per heavy atom. The second kappa shape index (κ2) is 7.86. The van der Waals surface area contributed by atoms with E-state index >= 15 is 0 Å². The molecule has 1 aromatic carbocycles. The third-order valence-electron chi connectivity index (χ3n) is 4.07. The lowest BCUT2D eigenvalue weighted by Gasteiger charge is -2.12. The molecule has 0 saturated heterocycles. The molecule has 0 saturated carbocycles. The number of H-pyrrole nitrogens is 1. The summed E-state index contributed by atoms with van der Waals surface area (Å²) in [5.74, 6) is 1.11. The zero-order valence-electron chi connectivity index (χ0n) is 14.6. The summed E-state index contributed by atoms with van der Waals surface area (Å²) >= 11 is 0. The van der Waals surface area contributed by atoms with Gasteiger partial charge in [-0.2, -0.15) is 0 Å². The van der Waals surface area contributed by atoms with Gasteiger partial charge in [0, 0.05) is 29.5 Å². The second-order valence-corrected chi connectivity index (χ2v) is 5.79. The fraction of sp³-hybridized carbons (Fsp3) is 0.444. The third-order valence-corrected chi connectivity index (χ3v) is 4.07. The highest BCUT2D eigenvalue weighted by Crippen LogP contribution is 2.31. The molecule has 0 spiro atoms. The number of hydrogen-bond donors (Lipinski definition) is 2. The van der Waals surface area contributed by atoms with Gasteiger partial charge in [-0.15, -0.1) is 0 Å². The number of benzene rings is 1. The van der Waals surface area contributed by atoms with Crippen LogP contribution in [0.2, 0.25) is 0 Å². The van der Waals surface area contributed by atoms with Crippen molar-refractivity contribution >= 4 is 16.8 Å². The standard InChI is InChI=1S/C18H24N2O4/c1-5-11(2)19-17(21)7-6-12-8-13-9-15(23-3)16(24-4)10-14(13)20-18(12)22/h8-11H,5-7H2,1-4H3,(H,19,21)(H,20,22). The Labute approximate surface area is 141 Å². The zero-order valence-corrected chi connectivity index (χ0v) is 14.6. The normalized spacial score (nSPS) is 12.0. The van der Waals surface area contributed by atoms with E-state index in [-0.39, 0.29) is 23.9 Å². The lowest BCUT2D eigenvalue weighted by Crippen LogP contribution is -2.32. The van der Waals surface area contributed by atoms with Gasteiger partial charge in [0.05, 0.1) is 19.7 Å². The molecule has 2 rings (SSSR count). The molecule has 0 radical (unpaired) electrons. The van der Waals surface area contributed by atoms with Crippen molar-refractivity contribution in [2.45, 2.75) is 39.2 Å². The van der Waals surface area contributed by atoms with Crippen molar-refractivity contribution in [2.24, 2.45) is 0 Å². The number of carbonyl (C=O) groups is 1. The zero-order chi connectivity index (χ0) is 17.7. The highest BCUT2D eigenvalue weighted by molar-refractivity contribution is 5.83. The molecule has 0 aliphatic rings. The number of pyridine rings is 1. The Bertz CT molecular complexity index is 782. The molecule has 0 fully saturated rings. The number of amides is 1. The van der Waals surface area contributed by atoms with Crippen molar-refractivity contribution in [1.82, 2.24) is 10.3 Å². The van der Waals surface area contributed by atoms with Crippen molar-refractivity contribution in [1.29, 1.82) is 0 Å². The van der Waals surface area contributed by atoms with E-state index < -0.39 is 0 Å².